The van der Waals surface area contributed by atoms with Crippen molar-refractivity contribution < 1.29 is 5.11 Å². The number of nitrogens with zero attached hydrogens (tertiary/aromatic N) is 4. The second kappa shape index (κ2) is 6.84. The van der Waals surface area contributed by atoms with E-state index in [2.05, 4.69) is 33.8 Å². The number of pyridine rings is 1. The van der Waals surface area contributed by atoms with E-state index >= 15 is 0 Å². The maximum atomic E-state index is 9.13. The summed E-state index contributed by atoms with van der Waals surface area (Å²) in [5.74, 6) is 0. The molecule has 1 fully saturated rings. The molecule has 1 saturated heterocycles. The number of piperazine rings is 1. The quantitative estimate of drug-likeness (QED) is 0.826. The largest absolute Gasteiger partial charge is 0.390 e. The van der Waals surface area contributed by atoms with E-state index in [1.807, 2.05) is 12.1 Å². The number of anilines is 1. The van der Waals surface area contributed by atoms with Gasteiger partial charge < -0.3 is 14.9 Å². The molecule has 0 aromatic carbocycles. The summed E-state index contributed by atoms with van der Waals surface area (Å²) in [7, 11) is 4.23. The van der Waals surface area contributed by atoms with Crippen LogP contribution in [0, 0.1) is 0 Å². The van der Waals surface area contributed by atoms with Gasteiger partial charge in [0.25, 0.3) is 0 Å². The number of hydrogen-bond acceptors (Lipinski definition) is 5. The van der Waals surface area contributed by atoms with E-state index in [1.54, 1.807) is 6.20 Å². The van der Waals surface area contributed by atoms with E-state index in [0.717, 1.165) is 45.0 Å². The fourth-order valence-electron chi connectivity index (χ4n) is 2.32. The van der Waals surface area contributed by atoms with Crippen molar-refractivity contribution in [2.75, 3.05) is 58.3 Å². The van der Waals surface area contributed by atoms with Crippen molar-refractivity contribution in [3.8, 4) is 0 Å². The van der Waals surface area contributed by atoms with E-state index in [1.165, 1.54) is 5.69 Å². The molecular formula is C14H24N4O. The molecule has 1 aromatic heterocycles. The average Bonchev–Trinajstić information content (AvgIpc) is 2.45. The van der Waals surface area contributed by atoms with Crippen molar-refractivity contribution >= 4 is 5.69 Å². The van der Waals surface area contributed by atoms with Crippen molar-refractivity contribution in [3.05, 3.63) is 24.0 Å². The van der Waals surface area contributed by atoms with Crippen LogP contribution in [0.4, 0.5) is 5.69 Å². The Balaban J connectivity index is 1.85. The smallest absolute Gasteiger partial charge is 0.0853 e. The van der Waals surface area contributed by atoms with E-state index in [4.69, 9.17) is 5.11 Å². The topological polar surface area (TPSA) is 42.8 Å². The first-order valence-corrected chi connectivity index (χ1v) is 6.87. The molecule has 2 rings (SSSR count). The van der Waals surface area contributed by atoms with Gasteiger partial charge in [-0.25, -0.2) is 0 Å². The Hall–Kier alpha value is -1.17. The van der Waals surface area contributed by atoms with E-state index < -0.39 is 0 Å². The second-order valence-electron chi connectivity index (χ2n) is 5.30. The van der Waals surface area contributed by atoms with Crippen LogP contribution in [0.3, 0.4) is 0 Å². The van der Waals surface area contributed by atoms with E-state index in [0.29, 0.717) is 0 Å². The van der Waals surface area contributed by atoms with Gasteiger partial charge in [-0.2, -0.15) is 0 Å². The van der Waals surface area contributed by atoms with Crippen LogP contribution in [-0.4, -0.2) is 73.3 Å². The van der Waals surface area contributed by atoms with Gasteiger partial charge in [-0.15, -0.1) is 0 Å². The summed E-state index contributed by atoms with van der Waals surface area (Å²) >= 11 is 0. The molecule has 2 heterocycles. The third-order valence-corrected chi connectivity index (χ3v) is 3.56. The van der Waals surface area contributed by atoms with Gasteiger partial charge in [0.1, 0.15) is 0 Å². The lowest BCUT2D eigenvalue weighted by Gasteiger charge is -2.36. The standard InChI is InChI=1S/C14H24N4O/c1-16(2)5-6-17-7-9-18(10-8-17)14-3-4-15-13(11-14)12-19/h3-4,11,19H,5-10,12H2,1-2H3. The number of hydrogen-bond donors (Lipinski definition) is 1. The second-order valence-corrected chi connectivity index (χ2v) is 5.30. The highest BCUT2D eigenvalue weighted by atomic mass is 16.3. The maximum Gasteiger partial charge on any atom is 0.0853 e. The molecular weight excluding hydrogens is 240 g/mol. The Morgan fingerprint density at radius 2 is 2.00 bits per heavy atom. The zero-order valence-corrected chi connectivity index (χ0v) is 11.9. The Morgan fingerprint density at radius 1 is 1.26 bits per heavy atom. The normalized spacial score (nSPS) is 17.2. The SMILES string of the molecule is CN(C)CCN1CCN(c2ccnc(CO)c2)CC1. The Morgan fingerprint density at radius 3 is 2.63 bits per heavy atom. The molecule has 0 saturated carbocycles. The van der Waals surface area contributed by atoms with Crippen molar-refractivity contribution in [1.82, 2.24) is 14.8 Å². The summed E-state index contributed by atoms with van der Waals surface area (Å²) in [6.07, 6.45) is 1.78. The average molecular weight is 264 g/mol. The minimum Gasteiger partial charge on any atom is -0.390 e. The third kappa shape index (κ3) is 4.16. The molecule has 5 heteroatoms. The Bertz CT molecular complexity index is 389. The molecule has 0 aliphatic carbocycles. The first kappa shape index (κ1) is 14.2. The molecule has 1 aliphatic rings. The van der Waals surface area contributed by atoms with Gasteiger partial charge in [-0.1, -0.05) is 0 Å². The van der Waals surface area contributed by atoms with Gasteiger partial charge in [-0.3, -0.25) is 9.88 Å². The highest BCUT2D eigenvalue weighted by Gasteiger charge is 2.17. The molecule has 19 heavy (non-hydrogen) atoms. The third-order valence-electron chi connectivity index (χ3n) is 3.56. The van der Waals surface area contributed by atoms with Crippen molar-refractivity contribution in [3.63, 3.8) is 0 Å². The lowest BCUT2D eigenvalue weighted by atomic mass is 10.2. The fraction of sp³-hybridized carbons (Fsp3) is 0.643. The first-order chi connectivity index (χ1) is 9.19. The maximum absolute atomic E-state index is 9.13. The predicted octanol–water partition coefficient (Wildman–Crippen LogP) is 0.258. The molecule has 1 N–H and O–H groups in total. The number of aromatic nitrogens is 1. The summed E-state index contributed by atoms with van der Waals surface area (Å²) in [4.78, 5) is 11.2. The van der Waals surface area contributed by atoms with Gasteiger partial charge >= 0.3 is 0 Å². The van der Waals surface area contributed by atoms with Crippen LogP contribution >= 0.6 is 0 Å². The molecule has 5 nitrogen and oxygen atoms in total. The van der Waals surface area contributed by atoms with Crippen LogP contribution in [0.5, 0.6) is 0 Å². The minimum atomic E-state index is 0.0106. The predicted molar refractivity (Wildman–Crippen MR) is 77.4 cm³/mol. The van der Waals surface area contributed by atoms with Crippen LogP contribution < -0.4 is 4.90 Å². The highest BCUT2D eigenvalue weighted by molar-refractivity contribution is 5.46. The van der Waals surface area contributed by atoms with Gasteiger partial charge in [0.15, 0.2) is 0 Å². The molecule has 0 unspecified atom stereocenters. The summed E-state index contributed by atoms with van der Waals surface area (Å²) in [6.45, 7) is 6.56. The molecule has 1 aliphatic heterocycles. The summed E-state index contributed by atoms with van der Waals surface area (Å²) in [5.41, 5.74) is 1.92. The molecule has 0 radical (unpaired) electrons. The molecule has 0 spiro atoms. The van der Waals surface area contributed by atoms with Crippen molar-refractivity contribution in [2.45, 2.75) is 6.61 Å². The van der Waals surface area contributed by atoms with Gasteiger partial charge in [0.2, 0.25) is 0 Å². The number of likely N-dealkylation sites (N-methyl/N-ethyl adjacent to an activating group) is 1. The minimum absolute atomic E-state index is 0.0106. The van der Waals surface area contributed by atoms with Gasteiger partial charge in [-0.05, 0) is 26.2 Å². The Kier molecular flexibility index (Phi) is 5.13. The van der Waals surface area contributed by atoms with Crippen LogP contribution in [0.1, 0.15) is 5.69 Å². The zero-order valence-electron chi connectivity index (χ0n) is 11.9. The van der Waals surface area contributed by atoms with Crippen molar-refractivity contribution in [2.24, 2.45) is 0 Å². The summed E-state index contributed by atoms with van der Waals surface area (Å²) in [6, 6.07) is 4.00. The van der Waals surface area contributed by atoms with Crippen LogP contribution in [0.25, 0.3) is 0 Å². The zero-order chi connectivity index (χ0) is 13.7. The molecule has 0 amide bonds. The molecule has 0 bridgehead atoms. The van der Waals surface area contributed by atoms with Gasteiger partial charge in [0.05, 0.1) is 12.3 Å². The van der Waals surface area contributed by atoms with Crippen molar-refractivity contribution in [1.29, 1.82) is 0 Å². The van der Waals surface area contributed by atoms with Crippen LogP contribution in [-0.2, 0) is 6.61 Å². The molecule has 0 atom stereocenters. The number of aliphatic hydroxyl groups excluding tert-OH is 1. The fourth-order valence-corrected chi connectivity index (χ4v) is 2.32. The Labute approximate surface area is 115 Å². The first-order valence-electron chi connectivity index (χ1n) is 6.87. The molecule has 1 aromatic rings. The summed E-state index contributed by atoms with van der Waals surface area (Å²) in [5, 5.41) is 9.13. The monoisotopic (exact) mass is 264 g/mol. The number of rotatable bonds is 5. The van der Waals surface area contributed by atoms with Crippen LogP contribution in [0.15, 0.2) is 18.3 Å². The van der Waals surface area contributed by atoms with Crippen LogP contribution in [0.2, 0.25) is 0 Å². The van der Waals surface area contributed by atoms with Gasteiger partial charge in [0, 0.05) is 51.2 Å². The lowest BCUT2D eigenvalue weighted by molar-refractivity contribution is 0.229. The lowest BCUT2D eigenvalue weighted by Crippen LogP contribution is -2.48. The number of aliphatic hydroxyl groups is 1. The summed E-state index contributed by atoms with van der Waals surface area (Å²) < 4.78 is 0. The highest BCUT2D eigenvalue weighted by Crippen LogP contribution is 2.16. The van der Waals surface area contributed by atoms with E-state index in [9.17, 15) is 0 Å². The van der Waals surface area contributed by atoms with E-state index in [-0.39, 0.29) is 6.61 Å². The molecule has 106 valence electrons.